The van der Waals surface area contributed by atoms with Gasteiger partial charge in [-0.25, -0.2) is 28.2 Å². The van der Waals surface area contributed by atoms with Crippen molar-refractivity contribution in [3.05, 3.63) is 48.0 Å². The molecule has 2 amide bonds. The summed E-state index contributed by atoms with van der Waals surface area (Å²) in [4.78, 5) is 16.8. The molecule has 2 atom stereocenters. The molecule has 0 saturated carbocycles. The lowest BCUT2D eigenvalue weighted by Gasteiger charge is -2.14. The van der Waals surface area contributed by atoms with Crippen molar-refractivity contribution in [3.8, 4) is 22.9 Å². The van der Waals surface area contributed by atoms with Crippen LogP contribution in [0.5, 0.6) is 11.8 Å². The fraction of sp³-hybridized carbons (Fsp3) is 0.250. The van der Waals surface area contributed by atoms with Gasteiger partial charge in [-0.1, -0.05) is 0 Å². The lowest BCUT2D eigenvalue weighted by atomic mass is 10.0. The van der Waals surface area contributed by atoms with Crippen LogP contribution < -0.4 is 19.9 Å². The van der Waals surface area contributed by atoms with Gasteiger partial charge in [-0.05, 0) is 37.6 Å². The number of aromatic nitrogens is 3. The molecule has 0 aliphatic carbocycles. The monoisotopic (exact) mass is 460 g/mol. The van der Waals surface area contributed by atoms with Gasteiger partial charge in [0.1, 0.15) is 16.8 Å². The van der Waals surface area contributed by atoms with Crippen LogP contribution in [0.1, 0.15) is 12.5 Å². The number of urea groups is 1. The summed E-state index contributed by atoms with van der Waals surface area (Å²) >= 11 is 0. The van der Waals surface area contributed by atoms with Crippen molar-refractivity contribution >= 4 is 21.6 Å². The molecule has 0 fully saturated rings. The van der Waals surface area contributed by atoms with E-state index in [9.17, 15) is 13.4 Å². The number of carbonyl (C=O) groups is 1. The molecule has 2 unspecified atom stereocenters. The smallest absolute Gasteiger partial charge is 0.354 e. The largest absolute Gasteiger partial charge is 0.481 e. The van der Waals surface area contributed by atoms with E-state index in [0.717, 1.165) is 0 Å². The summed E-state index contributed by atoms with van der Waals surface area (Å²) in [6, 6.07) is 5.11. The number of nitrogens with zero attached hydrogens (tertiary/aromatic N) is 4. The molecule has 0 saturated heterocycles. The first-order chi connectivity index (χ1) is 15.2. The van der Waals surface area contributed by atoms with Crippen molar-refractivity contribution in [2.45, 2.75) is 31.4 Å². The van der Waals surface area contributed by atoms with Gasteiger partial charge < -0.3 is 14.8 Å². The Morgan fingerprint density at radius 1 is 1.44 bits per heavy atom. The van der Waals surface area contributed by atoms with Crippen LogP contribution in [0.3, 0.4) is 0 Å². The number of rotatable bonds is 4. The van der Waals surface area contributed by atoms with E-state index in [1.165, 1.54) is 43.2 Å². The number of hydrogen-bond donors (Lipinski definition) is 2. The number of anilines is 1. The number of carbonyl (C=O) groups excluding carboxylic acids is 1. The number of halogens is 1. The Bertz CT molecular complexity index is 1330. The molecule has 1 aliphatic rings. The Morgan fingerprint density at radius 2 is 2.22 bits per heavy atom. The van der Waals surface area contributed by atoms with Crippen LogP contribution >= 0.6 is 0 Å². The SMILES string of the molecule is COc1cc(-c2ccc(F)c(C)c2NC(=O)N=S(N)(=O)c2cnn3c2OC(C)C3)ccn1. The molecule has 3 heterocycles. The zero-order chi connectivity index (χ0) is 23.0. The molecule has 12 heteroatoms. The normalized spacial score (nSPS) is 16.6. The van der Waals surface area contributed by atoms with Gasteiger partial charge in [-0.3, -0.25) is 0 Å². The number of fused-ring (bicyclic) bond motifs is 1. The molecule has 0 spiro atoms. The highest BCUT2D eigenvalue weighted by Gasteiger charge is 2.28. The number of ether oxygens (including phenoxy) is 2. The van der Waals surface area contributed by atoms with E-state index >= 15 is 0 Å². The first-order valence-electron chi connectivity index (χ1n) is 9.57. The maximum atomic E-state index is 14.3. The molecule has 3 N–H and O–H groups in total. The highest BCUT2D eigenvalue weighted by Crippen LogP contribution is 2.34. The fourth-order valence-electron chi connectivity index (χ4n) is 3.36. The maximum absolute atomic E-state index is 14.3. The van der Waals surface area contributed by atoms with Gasteiger partial charge in [0.05, 0.1) is 25.5 Å². The van der Waals surface area contributed by atoms with Crippen molar-refractivity contribution in [3.63, 3.8) is 0 Å². The van der Waals surface area contributed by atoms with E-state index in [4.69, 9.17) is 14.6 Å². The molecule has 32 heavy (non-hydrogen) atoms. The summed E-state index contributed by atoms with van der Waals surface area (Å²) in [7, 11) is -2.19. The minimum absolute atomic E-state index is 0.0204. The van der Waals surface area contributed by atoms with Gasteiger partial charge >= 0.3 is 6.03 Å². The number of methoxy groups -OCH3 is 1. The Kier molecular flexibility index (Phi) is 5.57. The van der Waals surface area contributed by atoms with E-state index in [0.29, 0.717) is 23.6 Å². The molecule has 1 aliphatic heterocycles. The van der Waals surface area contributed by atoms with Crippen LogP contribution in [0.25, 0.3) is 11.1 Å². The van der Waals surface area contributed by atoms with Gasteiger partial charge in [-0.15, -0.1) is 4.36 Å². The van der Waals surface area contributed by atoms with Gasteiger partial charge in [0, 0.05) is 23.4 Å². The molecule has 10 nitrogen and oxygen atoms in total. The Labute approximate surface area is 183 Å². The number of nitrogens with one attached hydrogen (secondary N) is 1. The van der Waals surface area contributed by atoms with Gasteiger partial charge in [0.2, 0.25) is 11.8 Å². The third-order valence-electron chi connectivity index (χ3n) is 4.92. The second-order valence-electron chi connectivity index (χ2n) is 7.20. The molecule has 4 rings (SSSR count). The third-order valence-corrected chi connectivity index (χ3v) is 6.27. The van der Waals surface area contributed by atoms with Crippen LogP contribution in [0.2, 0.25) is 0 Å². The van der Waals surface area contributed by atoms with Crippen molar-refractivity contribution in [1.29, 1.82) is 0 Å². The van der Waals surface area contributed by atoms with Crippen molar-refractivity contribution < 1.29 is 22.9 Å². The highest BCUT2D eigenvalue weighted by molar-refractivity contribution is 7.91. The minimum Gasteiger partial charge on any atom is -0.481 e. The van der Waals surface area contributed by atoms with Crippen molar-refractivity contribution in [2.75, 3.05) is 12.4 Å². The zero-order valence-corrected chi connectivity index (χ0v) is 18.4. The van der Waals surface area contributed by atoms with Crippen LogP contribution in [0.15, 0.2) is 45.9 Å². The number of amides is 2. The molecular formula is C20H21FN6O4S. The standard InChI is InChI=1S/C20H21FN6O4S/c1-11-10-27-19(31-11)16(9-24-27)32(22,29)26-20(28)25-18-12(2)15(21)5-4-14(18)13-6-7-23-17(8-13)30-3/h4-9,11H,10H2,1-3H3,(H3,22,25,26,28,29). The fourth-order valence-corrected chi connectivity index (χ4v) is 4.35. The van der Waals surface area contributed by atoms with E-state index < -0.39 is 21.8 Å². The van der Waals surface area contributed by atoms with E-state index in [-0.39, 0.29) is 28.1 Å². The van der Waals surface area contributed by atoms with E-state index in [1.54, 1.807) is 12.1 Å². The van der Waals surface area contributed by atoms with Crippen molar-refractivity contribution in [2.24, 2.45) is 9.50 Å². The quantitative estimate of drug-likeness (QED) is 0.614. The number of nitrogens with two attached hydrogens (primary N) is 1. The summed E-state index contributed by atoms with van der Waals surface area (Å²) in [6.45, 7) is 3.80. The topological polar surface area (TPSA) is 134 Å². The predicted octanol–water partition coefficient (Wildman–Crippen LogP) is 3.11. The summed E-state index contributed by atoms with van der Waals surface area (Å²) in [6.07, 6.45) is 2.62. The van der Waals surface area contributed by atoms with Crippen molar-refractivity contribution in [1.82, 2.24) is 14.8 Å². The summed E-state index contributed by atoms with van der Waals surface area (Å²) in [5.41, 5.74) is 1.46. The number of hydrogen-bond acceptors (Lipinski definition) is 6. The van der Waals surface area contributed by atoms with E-state index in [1.807, 2.05) is 6.92 Å². The molecule has 0 bridgehead atoms. The van der Waals surface area contributed by atoms with Crippen LogP contribution in [0.4, 0.5) is 14.9 Å². The molecule has 3 aromatic rings. The molecular weight excluding hydrogens is 439 g/mol. The molecule has 2 aromatic heterocycles. The van der Waals surface area contributed by atoms with E-state index in [2.05, 4.69) is 19.8 Å². The van der Waals surface area contributed by atoms with Crippen LogP contribution in [0, 0.1) is 12.7 Å². The van der Waals surface area contributed by atoms with Gasteiger partial charge in [0.25, 0.3) is 0 Å². The van der Waals surface area contributed by atoms with Gasteiger partial charge in [-0.2, -0.15) is 5.10 Å². The number of pyridine rings is 1. The Hall–Kier alpha value is -3.51. The lowest BCUT2D eigenvalue weighted by molar-refractivity contribution is 0.248. The first-order valence-corrected chi connectivity index (χ1v) is 11.2. The van der Waals surface area contributed by atoms with Crippen LogP contribution in [-0.2, 0) is 16.5 Å². The molecule has 0 radical (unpaired) electrons. The second kappa shape index (κ2) is 8.20. The third kappa shape index (κ3) is 4.01. The second-order valence-corrected chi connectivity index (χ2v) is 8.96. The highest BCUT2D eigenvalue weighted by atomic mass is 32.2. The summed E-state index contributed by atoms with van der Waals surface area (Å²) < 4.78 is 43.2. The summed E-state index contributed by atoms with van der Waals surface area (Å²) in [5.74, 6) is 0.0316. The zero-order valence-electron chi connectivity index (χ0n) is 17.5. The average molecular weight is 460 g/mol. The first kappa shape index (κ1) is 21.7. The van der Waals surface area contributed by atoms with Crippen LogP contribution in [-0.4, -0.2) is 38.2 Å². The Balaban J connectivity index is 1.71. The molecule has 168 valence electrons. The Morgan fingerprint density at radius 3 is 2.97 bits per heavy atom. The summed E-state index contributed by atoms with van der Waals surface area (Å²) in [5, 5.41) is 12.5. The number of benzene rings is 1. The predicted molar refractivity (Wildman–Crippen MR) is 115 cm³/mol. The lowest BCUT2D eigenvalue weighted by Crippen LogP contribution is -2.19. The minimum atomic E-state index is -3.67. The van der Waals surface area contributed by atoms with Gasteiger partial charge in [0.15, 0.2) is 9.92 Å². The maximum Gasteiger partial charge on any atom is 0.354 e. The molecule has 1 aromatic carbocycles. The average Bonchev–Trinajstić information content (AvgIpc) is 3.30.